The molecule has 1 aromatic heterocycles. The maximum atomic E-state index is 14.0. The summed E-state index contributed by atoms with van der Waals surface area (Å²) in [5.74, 6) is -1.81. The molecule has 2 heterocycles. The minimum absolute atomic E-state index is 0.0178. The van der Waals surface area contributed by atoms with Gasteiger partial charge in [-0.1, -0.05) is 6.07 Å². The first-order valence-corrected chi connectivity index (χ1v) is 7.49. The fourth-order valence-electron chi connectivity index (χ4n) is 2.94. The van der Waals surface area contributed by atoms with Crippen LogP contribution >= 0.6 is 0 Å². The van der Waals surface area contributed by atoms with E-state index in [1.165, 1.54) is 12.3 Å². The molecule has 1 aliphatic rings. The number of aromatic amines is 1. The van der Waals surface area contributed by atoms with Crippen molar-refractivity contribution in [3.63, 3.8) is 0 Å². The Morgan fingerprint density at radius 2 is 2.13 bits per heavy atom. The standard InChI is InChI=1S/C16H17F2N3O2/c17-12-4-1-5-13(18)14(12)15-11(7-19-20-15)16(23)21-6-2-3-10(8-21)9-22/h1,4-5,7,10,22H,2-3,6,8-9H2,(H,19,20). The number of hydrogen-bond acceptors (Lipinski definition) is 3. The molecule has 23 heavy (non-hydrogen) atoms. The van der Waals surface area contributed by atoms with Crippen LogP contribution in [0.15, 0.2) is 24.4 Å². The number of nitrogens with zero attached hydrogens (tertiary/aromatic N) is 2. The number of hydrogen-bond donors (Lipinski definition) is 2. The Morgan fingerprint density at radius 3 is 2.83 bits per heavy atom. The van der Waals surface area contributed by atoms with Crippen LogP contribution in [0.3, 0.4) is 0 Å². The Hall–Kier alpha value is -2.28. The van der Waals surface area contributed by atoms with Gasteiger partial charge in [-0.25, -0.2) is 8.78 Å². The highest BCUT2D eigenvalue weighted by Crippen LogP contribution is 2.28. The van der Waals surface area contributed by atoms with Gasteiger partial charge in [-0.3, -0.25) is 9.89 Å². The van der Waals surface area contributed by atoms with Gasteiger partial charge in [-0.2, -0.15) is 5.10 Å². The minimum Gasteiger partial charge on any atom is -0.396 e. The second kappa shape index (κ2) is 6.45. The van der Waals surface area contributed by atoms with Gasteiger partial charge < -0.3 is 10.0 Å². The van der Waals surface area contributed by atoms with E-state index in [4.69, 9.17) is 0 Å². The lowest BCUT2D eigenvalue weighted by atomic mass is 9.98. The molecule has 0 saturated carbocycles. The maximum Gasteiger partial charge on any atom is 0.257 e. The van der Waals surface area contributed by atoms with Crippen molar-refractivity contribution >= 4 is 5.91 Å². The van der Waals surface area contributed by atoms with Crippen LogP contribution < -0.4 is 0 Å². The molecule has 7 heteroatoms. The monoisotopic (exact) mass is 321 g/mol. The van der Waals surface area contributed by atoms with Crippen molar-refractivity contribution in [2.24, 2.45) is 5.92 Å². The molecule has 2 N–H and O–H groups in total. The van der Waals surface area contributed by atoms with E-state index in [-0.39, 0.29) is 35.3 Å². The fourth-order valence-corrected chi connectivity index (χ4v) is 2.94. The largest absolute Gasteiger partial charge is 0.396 e. The molecule has 0 bridgehead atoms. The summed E-state index contributed by atoms with van der Waals surface area (Å²) >= 11 is 0. The van der Waals surface area contributed by atoms with Gasteiger partial charge in [-0.15, -0.1) is 0 Å². The van der Waals surface area contributed by atoms with Gasteiger partial charge in [0.15, 0.2) is 0 Å². The number of aliphatic hydroxyl groups is 1. The molecule has 1 fully saturated rings. The third-order valence-corrected chi connectivity index (χ3v) is 4.15. The van der Waals surface area contributed by atoms with Crippen molar-refractivity contribution in [3.8, 4) is 11.3 Å². The molecule has 122 valence electrons. The summed E-state index contributed by atoms with van der Waals surface area (Å²) in [6.45, 7) is 1.00. The zero-order valence-electron chi connectivity index (χ0n) is 12.4. The summed E-state index contributed by atoms with van der Waals surface area (Å²) in [7, 11) is 0. The summed E-state index contributed by atoms with van der Waals surface area (Å²) in [6.07, 6.45) is 2.94. The predicted octanol–water partition coefficient (Wildman–Crippen LogP) is 2.20. The lowest BCUT2D eigenvalue weighted by Crippen LogP contribution is -2.41. The molecule has 1 amide bonds. The van der Waals surface area contributed by atoms with E-state index >= 15 is 0 Å². The van der Waals surface area contributed by atoms with E-state index in [9.17, 15) is 18.7 Å². The number of H-pyrrole nitrogens is 1. The van der Waals surface area contributed by atoms with E-state index in [0.717, 1.165) is 25.0 Å². The fraction of sp³-hybridized carbons (Fsp3) is 0.375. The van der Waals surface area contributed by atoms with Gasteiger partial charge in [0.1, 0.15) is 11.6 Å². The first kappa shape index (κ1) is 15.6. The minimum atomic E-state index is -0.754. The summed E-state index contributed by atoms with van der Waals surface area (Å²) in [5.41, 5.74) is -0.117. The first-order chi connectivity index (χ1) is 11.1. The Morgan fingerprint density at radius 1 is 1.39 bits per heavy atom. The Bertz CT molecular complexity index is 697. The number of carbonyl (C=O) groups excluding carboxylic acids is 1. The quantitative estimate of drug-likeness (QED) is 0.910. The highest BCUT2D eigenvalue weighted by Gasteiger charge is 2.28. The van der Waals surface area contributed by atoms with E-state index < -0.39 is 11.6 Å². The molecule has 0 aliphatic carbocycles. The van der Waals surface area contributed by atoms with Gasteiger partial charge in [0.05, 0.1) is 23.0 Å². The second-order valence-electron chi connectivity index (χ2n) is 5.70. The number of carbonyl (C=O) groups is 1. The molecule has 1 atom stereocenters. The third kappa shape index (κ3) is 2.96. The molecule has 0 spiro atoms. The van der Waals surface area contributed by atoms with Crippen LogP contribution in [0.25, 0.3) is 11.3 Å². The summed E-state index contributed by atoms with van der Waals surface area (Å²) in [5, 5.41) is 15.6. The van der Waals surface area contributed by atoms with Crippen molar-refractivity contribution in [2.75, 3.05) is 19.7 Å². The highest BCUT2D eigenvalue weighted by molar-refractivity contribution is 5.99. The van der Waals surface area contributed by atoms with Gasteiger partial charge in [0.2, 0.25) is 0 Å². The van der Waals surface area contributed by atoms with E-state index in [0.29, 0.717) is 13.1 Å². The molecule has 1 aromatic carbocycles. The molecule has 2 aromatic rings. The lowest BCUT2D eigenvalue weighted by Gasteiger charge is -2.31. The van der Waals surface area contributed by atoms with E-state index in [1.807, 2.05) is 0 Å². The summed E-state index contributed by atoms with van der Waals surface area (Å²) in [6, 6.07) is 3.54. The van der Waals surface area contributed by atoms with E-state index in [1.54, 1.807) is 4.90 Å². The topological polar surface area (TPSA) is 69.2 Å². The number of benzene rings is 1. The van der Waals surface area contributed by atoms with Crippen LogP contribution in [0.5, 0.6) is 0 Å². The van der Waals surface area contributed by atoms with Crippen molar-refractivity contribution in [1.82, 2.24) is 15.1 Å². The van der Waals surface area contributed by atoms with Crippen molar-refractivity contribution in [3.05, 3.63) is 41.6 Å². The second-order valence-corrected chi connectivity index (χ2v) is 5.70. The molecule has 1 aliphatic heterocycles. The predicted molar refractivity (Wildman–Crippen MR) is 79.7 cm³/mol. The smallest absolute Gasteiger partial charge is 0.257 e. The average molecular weight is 321 g/mol. The van der Waals surface area contributed by atoms with Gasteiger partial charge >= 0.3 is 0 Å². The molecule has 5 nitrogen and oxygen atoms in total. The van der Waals surface area contributed by atoms with Crippen molar-refractivity contribution in [1.29, 1.82) is 0 Å². The van der Waals surface area contributed by atoms with Crippen LogP contribution in [-0.2, 0) is 0 Å². The normalized spacial score (nSPS) is 18.2. The SMILES string of the molecule is O=C(c1cn[nH]c1-c1c(F)cccc1F)N1CCCC(CO)C1. The number of piperidine rings is 1. The number of halogens is 2. The van der Waals surface area contributed by atoms with Crippen molar-refractivity contribution in [2.45, 2.75) is 12.8 Å². The van der Waals surface area contributed by atoms with Crippen LogP contribution in [0.2, 0.25) is 0 Å². The lowest BCUT2D eigenvalue weighted by molar-refractivity contribution is 0.0621. The molecule has 3 rings (SSSR count). The van der Waals surface area contributed by atoms with Crippen molar-refractivity contribution < 1.29 is 18.7 Å². The number of likely N-dealkylation sites (tertiary alicyclic amines) is 1. The number of amides is 1. The van der Waals surface area contributed by atoms with Crippen LogP contribution in [-0.4, -0.2) is 45.8 Å². The first-order valence-electron chi connectivity index (χ1n) is 7.49. The number of aliphatic hydroxyl groups excluding tert-OH is 1. The average Bonchev–Trinajstić information content (AvgIpc) is 3.03. The van der Waals surface area contributed by atoms with Crippen LogP contribution in [0.1, 0.15) is 23.2 Å². The maximum absolute atomic E-state index is 14.0. The highest BCUT2D eigenvalue weighted by atomic mass is 19.1. The molecule has 1 unspecified atom stereocenters. The molecular weight excluding hydrogens is 304 g/mol. The summed E-state index contributed by atoms with van der Waals surface area (Å²) in [4.78, 5) is 14.3. The van der Waals surface area contributed by atoms with Gasteiger partial charge in [0.25, 0.3) is 5.91 Å². The number of aromatic nitrogens is 2. The summed E-state index contributed by atoms with van der Waals surface area (Å²) < 4.78 is 27.9. The number of rotatable bonds is 3. The Balaban J connectivity index is 1.93. The van der Waals surface area contributed by atoms with Gasteiger partial charge in [0, 0.05) is 19.7 Å². The van der Waals surface area contributed by atoms with E-state index in [2.05, 4.69) is 10.2 Å². The molecular formula is C16H17F2N3O2. The Kier molecular flexibility index (Phi) is 4.38. The van der Waals surface area contributed by atoms with Crippen LogP contribution in [0.4, 0.5) is 8.78 Å². The van der Waals surface area contributed by atoms with Crippen LogP contribution in [0, 0.1) is 17.6 Å². The zero-order valence-corrected chi connectivity index (χ0v) is 12.4. The zero-order chi connectivity index (χ0) is 16.4. The number of nitrogens with one attached hydrogen (secondary N) is 1. The Labute approximate surface area is 131 Å². The third-order valence-electron chi connectivity index (χ3n) is 4.15. The molecule has 1 saturated heterocycles. The van der Waals surface area contributed by atoms with Gasteiger partial charge in [-0.05, 0) is 30.9 Å². The molecule has 0 radical (unpaired) electrons.